The fraction of sp³-hybridized carbons (Fsp3) is 0.0714. The SMILES string of the molecule is O=C(CS(=O)c1ccc(F)cc1)c1cccc(Cl)c1. The Kier molecular flexibility index (Phi) is 4.45. The fourth-order valence-corrected chi connectivity index (χ4v) is 2.74. The van der Waals surface area contributed by atoms with Gasteiger partial charge in [0, 0.05) is 15.5 Å². The topological polar surface area (TPSA) is 34.1 Å². The van der Waals surface area contributed by atoms with E-state index in [2.05, 4.69) is 0 Å². The van der Waals surface area contributed by atoms with E-state index in [1.165, 1.54) is 30.3 Å². The van der Waals surface area contributed by atoms with Crippen molar-refractivity contribution >= 4 is 28.2 Å². The van der Waals surface area contributed by atoms with Crippen LogP contribution in [0.2, 0.25) is 5.02 Å². The molecule has 0 saturated heterocycles. The summed E-state index contributed by atoms with van der Waals surface area (Å²) in [7, 11) is -1.49. The molecule has 0 N–H and O–H groups in total. The molecule has 19 heavy (non-hydrogen) atoms. The molecule has 0 fully saturated rings. The molecule has 1 atom stereocenters. The number of Topliss-reactive ketones (excluding diaryl/α,β-unsaturated/α-hetero) is 1. The van der Waals surface area contributed by atoms with Crippen molar-refractivity contribution in [2.75, 3.05) is 5.75 Å². The summed E-state index contributed by atoms with van der Waals surface area (Å²) in [5, 5.41) is 0.457. The van der Waals surface area contributed by atoms with Gasteiger partial charge in [-0.3, -0.25) is 9.00 Å². The minimum Gasteiger partial charge on any atom is -0.293 e. The van der Waals surface area contributed by atoms with Crippen LogP contribution in [-0.2, 0) is 10.8 Å². The third-order valence-electron chi connectivity index (χ3n) is 2.49. The first-order valence-corrected chi connectivity index (χ1v) is 7.18. The first-order chi connectivity index (χ1) is 9.06. The normalized spacial score (nSPS) is 12.1. The third-order valence-corrected chi connectivity index (χ3v) is 4.04. The average Bonchev–Trinajstić information content (AvgIpc) is 2.39. The van der Waals surface area contributed by atoms with Crippen LogP contribution in [0.25, 0.3) is 0 Å². The van der Waals surface area contributed by atoms with E-state index in [1.54, 1.807) is 18.2 Å². The molecule has 0 radical (unpaired) electrons. The molecule has 0 amide bonds. The summed E-state index contributed by atoms with van der Waals surface area (Å²) in [6.07, 6.45) is 0. The van der Waals surface area contributed by atoms with Gasteiger partial charge < -0.3 is 0 Å². The number of benzene rings is 2. The molecule has 2 aromatic rings. The highest BCUT2D eigenvalue weighted by atomic mass is 35.5. The first kappa shape index (κ1) is 13.9. The van der Waals surface area contributed by atoms with Gasteiger partial charge in [-0.25, -0.2) is 4.39 Å². The molecule has 0 saturated carbocycles. The highest BCUT2D eigenvalue weighted by molar-refractivity contribution is 7.85. The molecule has 0 aliphatic heterocycles. The Balaban J connectivity index is 2.11. The maximum atomic E-state index is 12.7. The Morgan fingerprint density at radius 3 is 2.47 bits per heavy atom. The van der Waals surface area contributed by atoms with Crippen molar-refractivity contribution in [3.05, 3.63) is 64.9 Å². The van der Waals surface area contributed by atoms with Gasteiger partial charge in [0.15, 0.2) is 5.78 Å². The zero-order valence-corrected chi connectivity index (χ0v) is 11.4. The highest BCUT2D eigenvalue weighted by Gasteiger charge is 2.12. The largest absolute Gasteiger partial charge is 0.293 e. The molecule has 0 aliphatic carbocycles. The predicted molar refractivity (Wildman–Crippen MR) is 73.5 cm³/mol. The summed E-state index contributed by atoms with van der Waals surface area (Å²) < 4.78 is 24.7. The molecular weight excluding hydrogens is 287 g/mol. The van der Waals surface area contributed by atoms with Gasteiger partial charge in [0.05, 0.1) is 16.6 Å². The van der Waals surface area contributed by atoms with Gasteiger partial charge in [0.25, 0.3) is 0 Å². The number of carbonyl (C=O) groups is 1. The standard InChI is InChI=1S/C14H10ClFO2S/c15-11-3-1-2-10(8-11)14(17)9-19(18)13-6-4-12(16)5-7-13/h1-8H,9H2. The minimum absolute atomic E-state index is 0.147. The minimum atomic E-state index is -1.49. The molecule has 5 heteroatoms. The number of hydrogen-bond acceptors (Lipinski definition) is 2. The Labute approximate surface area is 117 Å². The zero-order valence-electron chi connectivity index (χ0n) is 9.81. The van der Waals surface area contributed by atoms with Crippen molar-refractivity contribution < 1.29 is 13.4 Å². The van der Waals surface area contributed by atoms with E-state index in [0.29, 0.717) is 15.5 Å². The fourth-order valence-electron chi connectivity index (χ4n) is 1.53. The molecule has 0 aliphatic rings. The third kappa shape index (κ3) is 3.72. The smallest absolute Gasteiger partial charge is 0.175 e. The van der Waals surface area contributed by atoms with Crippen LogP contribution in [0.4, 0.5) is 4.39 Å². The second-order valence-electron chi connectivity index (χ2n) is 3.88. The molecule has 0 heterocycles. The Morgan fingerprint density at radius 1 is 1.16 bits per heavy atom. The lowest BCUT2D eigenvalue weighted by atomic mass is 10.1. The Hall–Kier alpha value is -1.52. The van der Waals surface area contributed by atoms with Gasteiger partial charge in [0.1, 0.15) is 5.82 Å². The van der Waals surface area contributed by atoms with E-state index in [0.717, 1.165) is 0 Å². The predicted octanol–water partition coefficient (Wildman–Crippen LogP) is 3.47. The summed E-state index contributed by atoms with van der Waals surface area (Å²) in [5.41, 5.74) is 0.419. The van der Waals surface area contributed by atoms with Crippen molar-refractivity contribution in [2.45, 2.75) is 4.90 Å². The van der Waals surface area contributed by atoms with E-state index in [9.17, 15) is 13.4 Å². The molecule has 0 bridgehead atoms. The lowest BCUT2D eigenvalue weighted by molar-refractivity contribution is 0.102. The van der Waals surface area contributed by atoms with Crippen LogP contribution in [0.15, 0.2) is 53.4 Å². The van der Waals surface area contributed by atoms with Gasteiger partial charge in [-0.05, 0) is 36.4 Å². The van der Waals surface area contributed by atoms with Gasteiger partial charge in [0.2, 0.25) is 0 Å². The summed E-state index contributed by atoms with van der Waals surface area (Å²) in [6.45, 7) is 0. The first-order valence-electron chi connectivity index (χ1n) is 5.49. The van der Waals surface area contributed by atoms with Gasteiger partial charge >= 0.3 is 0 Å². The molecule has 2 rings (SSSR count). The highest BCUT2D eigenvalue weighted by Crippen LogP contribution is 2.14. The molecular formula is C14H10ClFO2S. The maximum Gasteiger partial charge on any atom is 0.175 e. The van der Waals surface area contributed by atoms with Crippen LogP contribution in [0.1, 0.15) is 10.4 Å². The summed E-state index contributed by atoms with van der Waals surface area (Å²) >= 11 is 5.79. The number of ketones is 1. The number of halogens is 2. The molecule has 1 unspecified atom stereocenters. The van der Waals surface area contributed by atoms with Crippen LogP contribution >= 0.6 is 11.6 Å². The van der Waals surface area contributed by atoms with Crippen LogP contribution in [0.5, 0.6) is 0 Å². The molecule has 0 spiro atoms. The van der Waals surface area contributed by atoms with Crippen molar-refractivity contribution in [3.63, 3.8) is 0 Å². The second kappa shape index (κ2) is 6.08. The molecule has 2 aromatic carbocycles. The van der Waals surface area contributed by atoms with E-state index in [-0.39, 0.29) is 11.5 Å². The van der Waals surface area contributed by atoms with Crippen LogP contribution in [0.3, 0.4) is 0 Å². The lowest BCUT2D eigenvalue weighted by Crippen LogP contribution is -2.11. The van der Waals surface area contributed by atoms with E-state index in [1.807, 2.05) is 0 Å². The number of rotatable bonds is 4. The summed E-state index contributed by atoms with van der Waals surface area (Å²) in [6, 6.07) is 11.7. The summed E-state index contributed by atoms with van der Waals surface area (Å²) in [5.74, 6) is -0.807. The van der Waals surface area contributed by atoms with E-state index in [4.69, 9.17) is 11.6 Å². The van der Waals surface area contributed by atoms with Crippen LogP contribution in [-0.4, -0.2) is 15.7 Å². The monoisotopic (exact) mass is 296 g/mol. The van der Waals surface area contributed by atoms with Gasteiger partial charge in [-0.15, -0.1) is 0 Å². The van der Waals surface area contributed by atoms with Crippen molar-refractivity contribution in [2.24, 2.45) is 0 Å². The molecule has 2 nitrogen and oxygen atoms in total. The van der Waals surface area contributed by atoms with Crippen LogP contribution < -0.4 is 0 Å². The number of hydrogen-bond donors (Lipinski definition) is 0. The zero-order chi connectivity index (χ0) is 13.8. The summed E-state index contributed by atoms with van der Waals surface area (Å²) in [4.78, 5) is 12.3. The van der Waals surface area contributed by atoms with Crippen LogP contribution in [0, 0.1) is 5.82 Å². The lowest BCUT2D eigenvalue weighted by Gasteiger charge is -2.03. The van der Waals surface area contributed by atoms with Crippen molar-refractivity contribution in [1.29, 1.82) is 0 Å². The number of carbonyl (C=O) groups excluding carboxylic acids is 1. The molecule has 98 valence electrons. The van der Waals surface area contributed by atoms with E-state index < -0.39 is 16.6 Å². The quantitative estimate of drug-likeness (QED) is 0.810. The maximum absolute atomic E-state index is 12.7. The van der Waals surface area contributed by atoms with Gasteiger partial charge in [-0.2, -0.15) is 0 Å². The Morgan fingerprint density at radius 2 is 1.84 bits per heavy atom. The van der Waals surface area contributed by atoms with Crippen molar-refractivity contribution in [1.82, 2.24) is 0 Å². The van der Waals surface area contributed by atoms with Crippen molar-refractivity contribution in [3.8, 4) is 0 Å². The average molecular weight is 297 g/mol. The molecule has 0 aromatic heterocycles. The second-order valence-corrected chi connectivity index (χ2v) is 5.76. The van der Waals surface area contributed by atoms with E-state index >= 15 is 0 Å². The Bertz CT molecular complexity index is 626. The van der Waals surface area contributed by atoms with Gasteiger partial charge in [-0.1, -0.05) is 23.7 Å².